The minimum atomic E-state index is -4.77. The molecule has 0 aliphatic carbocycles. The summed E-state index contributed by atoms with van der Waals surface area (Å²) in [7, 11) is 0. The number of nitrogen functional groups attached to an aromatic ring is 1. The first-order valence-corrected chi connectivity index (χ1v) is 6.32. The molecule has 0 saturated heterocycles. The van der Waals surface area contributed by atoms with E-state index in [0.29, 0.717) is 16.3 Å². The summed E-state index contributed by atoms with van der Waals surface area (Å²) in [6.45, 7) is 0. The molecule has 10 heteroatoms. The maximum atomic E-state index is 13.0. The fourth-order valence-corrected chi connectivity index (χ4v) is 1.95. The molecule has 0 spiro atoms. The van der Waals surface area contributed by atoms with E-state index in [1.54, 1.807) is 30.3 Å². The van der Waals surface area contributed by atoms with E-state index in [9.17, 15) is 18.0 Å². The highest BCUT2D eigenvalue weighted by molar-refractivity contribution is 5.75. The van der Waals surface area contributed by atoms with Crippen LogP contribution in [0.1, 0.15) is 5.69 Å². The highest BCUT2D eigenvalue weighted by Gasteiger charge is 2.35. The third kappa shape index (κ3) is 2.78. The van der Waals surface area contributed by atoms with Crippen LogP contribution in [0.2, 0.25) is 0 Å². The van der Waals surface area contributed by atoms with Crippen LogP contribution < -0.4 is 11.3 Å². The van der Waals surface area contributed by atoms with Crippen molar-refractivity contribution in [3.05, 3.63) is 52.4 Å². The highest BCUT2D eigenvalue weighted by Crippen LogP contribution is 2.33. The average molecular weight is 322 g/mol. The van der Waals surface area contributed by atoms with Gasteiger partial charge in [0.15, 0.2) is 22.8 Å². The first-order chi connectivity index (χ1) is 10.9. The van der Waals surface area contributed by atoms with E-state index in [1.807, 2.05) is 0 Å². The van der Waals surface area contributed by atoms with Gasteiger partial charge in [-0.3, -0.25) is 4.79 Å². The molecule has 0 amide bonds. The Balaban J connectivity index is 2.19. The average Bonchev–Trinajstić information content (AvgIpc) is 2.80. The van der Waals surface area contributed by atoms with Gasteiger partial charge < -0.3 is 10.7 Å². The van der Waals surface area contributed by atoms with Gasteiger partial charge in [0.2, 0.25) is 0 Å². The monoisotopic (exact) mass is 322 g/mol. The maximum absolute atomic E-state index is 13.0. The molecule has 0 aliphatic rings. The zero-order valence-electron chi connectivity index (χ0n) is 11.4. The van der Waals surface area contributed by atoms with E-state index in [2.05, 4.69) is 20.3 Å². The lowest BCUT2D eigenvalue weighted by Crippen LogP contribution is -2.19. The zero-order valence-corrected chi connectivity index (χ0v) is 11.4. The van der Waals surface area contributed by atoms with E-state index >= 15 is 0 Å². The van der Waals surface area contributed by atoms with Crippen LogP contribution in [0.25, 0.3) is 5.65 Å². The van der Waals surface area contributed by atoms with Crippen LogP contribution in [0.4, 0.5) is 30.4 Å². The molecule has 3 aromatic rings. The number of halogens is 3. The van der Waals surface area contributed by atoms with E-state index < -0.39 is 17.4 Å². The summed E-state index contributed by atoms with van der Waals surface area (Å²) in [6, 6.07) is 8.91. The van der Waals surface area contributed by atoms with E-state index in [1.165, 1.54) is 0 Å². The standard InChI is InChI=1S/C13H9F3N6O/c14-13(15,16)8-6-9(23)18-12-10(11(17)21-22(8)12)20-19-7-4-2-1-3-5-7/h1-6H,(H2,17,21)(H,18,23). The number of nitrogens with zero attached hydrogens (tertiary/aromatic N) is 4. The molecule has 0 atom stereocenters. The van der Waals surface area contributed by atoms with Crippen molar-refractivity contribution in [1.29, 1.82) is 0 Å². The lowest BCUT2D eigenvalue weighted by Gasteiger charge is -2.07. The van der Waals surface area contributed by atoms with Gasteiger partial charge in [0, 0.05) is 6.07 Å². The zero-order chi connectivity index (χ0) is 16.6. The summed E-state index contributed by atoms with van der Waals surface area (Å²) in [5.74, 6) is -0.281. The van der Waals surface area contributed by atoms with Gasteiger partial charge >= 0.3 is 6.18 Å². The lowest BCUT2D eigenvalue weighted by atomic mass is 10.3. The Kier molecular flexibility index (Phi) is 3.36. The third-order valence-electron chi connectivity index (χ3n) is 2.94. The van der Waals surface area contributed by atoms with Crippen molar-refractivity contribution in [2.75, 3.05) is 5.73 Å². The molecular weight excluding hydrogens is 313 g/mol. The number of hydrogen-bond donors (Lipinski definition) is 2. The number of aromatic amines is 1. The van der Waals surface area contributed by atoms with Crippen molar-refractivity contribution in [2.24, 2.45) is 10.2 Å². The maximum Gasteiger partial charge on any atom is 0.433 e. The van der Waals surface area contributed by atoms with E-state index in [0.717, 1.165) is 0 Å². The molecule has 1 aromatic carbocycles. The van der Waals surface area contributed by atoms with Gasteiger partial charge in [-0.2, -0.15) is 18.3 Å². The number of fused-ring (bicyclic) bond motifs is 1. The predicted molar refractivity (Wildman–Crippen MR) is 75.8 cm³/mol. The molecule has 3 rings (SSSR count). The Morgan fingerprint density at radius 2 is 1.87 bits per heavy atom. The second kappa shape index (κ2) is 5.23. The predicted octanol–water partition coefficient (Wildman–Crippen LogP) is 3.04. The second-order valence-corrected chi connectivity index (χ2v) is 4.55. The van der Waals surface area contributed by atoms with Crippen molar-refractivity contribution in [2.45, 2.75) is 6.18 Å². The van der Waals surface area contributed by atoms with Gasteiger partial charge in [0.25, 0.3) is 5.56 Å². The quantitative estimate of drug-likeness (QED) is 0.709. The van der Waals surface area contributed by atoms with Crippen molar-refractivity contribution >= 4 is 22.8 Å². The molecule has 2 aromatic heterocycles. The van der Waals surface area contributed by atoms with E-state index in [4.69, 9.17) is 5.73 Å². The smallest absolute Gasteiger partial charge is 0.380 e. The number of hydrogen-bond acceptors (Lipinski definition) is 5. The second-order valence-electron chi connectivity index (χ2n) is 4.55. The molecule has 0 bridgehead atoms. The largest absolute Gasteiger partial charge is 0.433 e. The summed E-state index contributed by atoms with van der Waals surface area (Å²) in [6.07, 6.45) is -4.77. The highest BCUT2D eigenvalue weighted by atomic mass is 19.4. The Bertz CT molecular complexity index is 942. The number of rotatable bonds is 2. The van der Waals surface area contributed by atoms with Crippen molar-refractivity contribution in [3.8, 4) is 0 Å². The van der Waals surface area contributed by atoms with E-state index in [-0.39, 0.29) is 17.2 Å². The molecule has 0 saturated carbocycles. The number of aromatic nitrogens is 3. The molecule has 118 valence electrons. The Labute approximate surface area is 126 Å². The number of nitrogens with two attached hydrogens (primary N) is 1. The molecule has 0 fully saturated rings. The fourth-order valence-electron chi connectivity index (χ4n) is 1.95. The van der Waals surface area contributed by atoms with Gasteiger partial charge in [-0.15, -0.1) is 10.2 Å². The van der Waals surface area contributed by atoms with Gasteiger partial charge in [0.05, 0.1) is 5.69 Å². The molecule has 0 unspecified atom stereocenters. The van der Waals surface area contributed by atoms with Crippen molar-refractivity contribution < 1.29 is 13.2 Å². The molecule has 3 N–H and O–H groups in total. The molecule has 0 radical (unpaired) electrons. The number of azo groups is 1. The van der Waals surface area contributed by atoms with Crippen molar-refractivity contribution in [3.63, 3.8) is 0 Å². The van der Waals surface area contributed by atoms with Gasteiger partial charge in [0.1, 0.15) is 0 Å². The van der Waals surface area contributed by atoms with Gasteiger partial charge in [-0.1, -0.05) is 18.2 Å². The molecule has 0 aliphatic heterocycles. The summed E-state index contributed by atoms with van der Waals surface area (Å²) >= 11 is 0. The SMILES string of the molecule is Nc1nn2c(C(F)(F)F)cc(=O)[nH]c2c1N=Nc1ccccc1. The molecule has 23 heavy (non-hydrogen) atoms. The third-order valence-corrected chi connectivity index (χ3v) is 2.94. The van der Waals surface area contributed by atoms with Crippen LogP contribution in [0.3, 0.4) is 0 Å². The molecule has 2 heterocycles. The topological polar surface area (TPSA) is 101 Å². The Morgan fingerprint density at radius 3 is 2.52 bits per heavy atom. The summed E-state index contributed by atoms with van der Waals surface area (Å²) in [5, 5.41) is 11.3. The lowest BCUT2D eigenvalue weighted by molar-refractivity contribution is -0.142. The molecular formula is C13H9F3N6O. The number of H-pyrrole nitrogens is 1. The summed E-state index contributed by atoms with van der Waals surface area (Å²) < 4.78 is 39.4. The number of alkyl halides is 3. The van der Waals surface area contributed by atoms with Crippen LogP contribution in [0, 0.1) is 0 Å². The van der Waals surface area contributed by atoms with Crippen LogP contribution >= 0.6 is 0 Å². The number of anilines is 1. The minimum Gasteiger partial charge on any atom is -0.380 e. The number of benzene rings is 1. The first kappa shape index (κ1) is 14.8. The molecule has 7 nitrogen and oxygen atoms in total. The van der Waals surface area contributed by atoms with Gasteiger partial charge in [-0.05, 0) is 12.1 Å². The number of nitrogens with one attached hydrogen (secondary N) is 1. The van der Waals surface area contributed by atoms with Crippen LogP contribution in [-0.4, -0.2) is 14.6 Å². The summed E-state index contributed by atoms with van der Waals surface area (Å²) in [5.41, 5.74) is 3.47. The first-order valence-electron chi connectivity index (χ1n) is 6.32. The normalized spacial score (nSPS) is 12.3. The Morgan fingerprint density at radius 1 is 1.17 bits per heavy atom. The van der Waals surface area contributed by atoms with Crippen LogP contribution in [0.15, 0.2) is 51.4 Å². The van der Waals surface area contributed by atoms with Crippen LogP contribution in [-0.2, 0) is 6.18 Å². The summed E-state index contributed by atoms with van der Waals surface area (Å²) in [4.78, 5) is 13.7. The van der Waals surface area contributed by atoms with Crippen LogP contribution in [0.5, 0.6) is 0 Å². The Hall–Kier alpha value is -3.17. The van der Waals surface area contributed by atoms with Crippen molar-refractivity contribution in [1.82, 2.24) is 14.6 Å². The minimum absolute atomic E-state index is 0.142. The fraction of sp³-hybridized carbons (Fsp3) is 0.0769. The van der Waals surface area contributed by atoms with Gasteiger partial charge in [-0.25, -0.2) is 4.52 Å².